The zero-order valence-corrected chi connectivity index (χ0v) is 14.3. The zero-order valence-electron chi connectivity index (χ0n) is 14.3. The Hall–Kier alpha value is -1.46. The standard InChI is InChI=1S/C20H27NO3/c1-15(17-7-6-16-4-2-3-5-18(16)12-17)21-13-19(22)14-24-20-8-10-23-11-9-20/h2-7,12,15,19-22H,8-11,13-14H2,1H3. The van der Waals surface area contributed by atoms with Crippen LogP contribution in [0.4, 0.5) is 0 Å². The third-order valence-corrected chi connectivity index (χ3v) is 4.63. The Morgan fingerprint density at radius 3 is 2.71 bits per heavy atom. The molecule has 4 heteroatoms. The first-order valence-electron chi connectivity index (χ1n) is 8.82. The number of aliphatic hydroxyl groups excluding tert-OH is 1. The van der Waals surface area contributed by atoms with Crippen LogP contribution in [-0.4, -0.2) is 43.7 Å². The van der Waals surface area contributed by atoms with Crippen LogP contribution in [0.1, 0.15) is 31.4 Å². The van der Waals surface area contributed by atoms with E-state index in [9.17, 15) is 5.11 Å². The lowest BCUT2D eigenvalue weighted by Crippen LogP contribution is -2.34. The van der Waals surface area contributed by atoms with Crippen molar-refractivity contribution in [2.75, 3.05) is 26.4 Å². The van der Waals surface area contributed by atoms with Gasteiger partial charge in [0.2, 0.25) is 0 Å². The monoisotopic (exact) mass is 329 g/mol. The van der Waals surface area contributed by atoms with Gasteiger partial charge in [0.25, 0.3) is 0 Å². The molecule has 0 amide bonds. The van der Waals surface area contributed by atoms with Crippen LogP contribution in [0.5, 0.6) is 0 Å². The lowest BCUT2D eigenvalue weighted by atomic mass is 10.0. The van der Waals surface area contributed by atoms with Gasteiger partial charge in [0.05, 0.1) is 18.8 Å². The molecule has 0 bridgehead atoms. The summed E-state index contributed by atoms with van der Waals surface area (Å²) in [6.07, 6.45) is 1.59. The fourth-order valence-electron chi connectivity index (χ4n) is 3.06. The topological polar surface area (TPSA) is 50.7 Å². The van der Waals surface area contributed by atoms with Crippen molar-refractivity contribution < 1.29 is 14.6 Å². The van der Waals surface area contributed by atoms with E-state index in [2.05, 4.69) is 54.7 Å². The molecule has 4 nitrogen and oxygen atoms in total. The van der Waals surface area contributed by atoms with Gasteiger partial charge in [-0.1, -0.05) is 36.4 Å². The molecule has 1 heterocycles. The molecule has 0 saturated carbocycles. The summed E-state index contributed by atoms with van der Waals surface area (Å²) in [6, 6.07) is 15.0. The Bertz CT molecular complexity index is 640. The van der Waals surface area contributed by atoms with E-state index in [1.165, 1.54) is 16.3 Å². The van der Waals surface area contributed by atoms with Gasteiger partial charge in [0.1, 0.15) is 0 Å². The minimum atomic E-state index is -0.490. The second-order valence-electron chi connectivity index (χ2n) is 6.54. The molecule has 130 valence electrons. The lowest BCUT2D eigenvalue weighted by molar-refractivity contribution is -0.0588. The van der Waals surface area contributed by atoms with Gasteiger partial charge in [-0.15, -0.1) is 0 Å². The van der Waals surface area contributed by atoms with Crippen LogP contribution in [0.25, 0.3) is 10.8 Å². The van der Waals surface area contributed by atoms with Crippen molar-refractivity contribution in [3.8, 4) is 0 Å². The van der Waals surface area contributed by atoms with Crippen LogP contribution in [-0.2, 0) is 9.47 Å². The molecule has 0 aliphatic carbocycles. The molecule has 2 N–H and O–H groups in total. The minimum absolute atomic E-state index is 0.187. The van der Waals surface area contributed by atoms with Crippen molar-refractivity contribution in [3.05, 3.63) is 48.0 Å². The number of hydrogen-bond acceptors (Lipinski definition) is 4. The van der Waals surface area contributed by atoms with E-state index in [0.717, 1.165) is 26.1 Å². The minimum Gasteiger partial charge on any atom is -0.389 e. The summed E-state index contributed by atoms with van der Waals surface area (Å²) in [7, 11) is 0. The number of aliphatic hydroxyl groups is 1. The summed E-state index contributed by atoms with van der Waals surface area (Å²) >= 11 is 0. The van der Waals surface area contributed by atoms with Crippen LogP contribution in [0.2, 0.25) is 0 Å². The normalized spacial score (nSPS) is 18.6. The second kappa shape index (κ2) is 8.58. The number of nitrogens with one attached hydrogen (secondary N) is 1. The summed E-state index contributed by atoms with van der Waals surface area (Å²) in [4.78, 5) is 0. The maximum absolute atomic E-state index is 10.1. The van der Waals surface area contributed by atoms with Gasteiger partial charge in [-0.2, -0.15) is 0 Å². The molecule has 0 radical (unpaired) electrons. The average molecular weight is 329 g/mol. The number of benzene rings is 2. The van der Waals surface area contributed by atoms with E-state index in [1.807, 2.05) is 0 Å². The average Bonchev–Trinajstić information content (AvgIpc) is 2.65. The highest BCUT2D eigenvalue weighted by atomic mass is 16.5. The van der Waals surface area contributed by atoms with Crippen LogP contribution in [0.15, 0.2) is 42.5 Å². The van der Waals surface area contributed by atoms with Crippen LogP contribution in [0, 0.1) is 0 Å². The van der Waals surface area contributed by atoms with E-state index >= 15 is 0 Å². The molecule has 1 saturated heterocycles. The van der Waals surface area contributed by atoms with Crippen LogP contribution in [0.3, 0.4) is 0 Å². The Balaban J connectivity index is 1.45. The van der Waals surface area contributed by atoms with Crippen LogP contribution >= 0.6 is 0 Å². The summed E-state index contributed by atoms with van der Waals surface area (Å²) < 4.78 is 11.1. The first-order valence-corrected chi connectivity index (χ1v) is 8.82. The van der Waals surface area contributed by atoms with E-state index < -0.39 is 6.10 Å². The molecule has 2 aromatic carbocycles. The predicted octanol–water partition coefficient (Wildman–Crippen LogP) is 3.05. The first-order chi connectivity index (χ1) is 11.7. The summed E-state index contributed by atoms with van der Waals surface area (Å²) in [5.74, 6) is 0. The molecule has 1 fully saturated rings. The van der Waals surface area contributed by atoms with Crippen molar-refractivity contribution in [3.63, 3.8) is 0 Å². The molecule has 1 aliphatic rings. The van der Waals surface area contributed by atoms with Gasteiger partial charge in [0, 0.05) is 25.8 Å². The van der Waals surface area contributed by atoms with E-state index in [4.69, 9.17) is 9.47 Å². The third-order valence-electron chi connectivity index (χ3n) is 4.63. The number of ether oxygens (including phenoxy) is 2. The first kappa shape index (κ1) is 17.4. The third kappa shape index (κ3) is 4.77. The van der Waals surface area contributed by atoms with Crippen molar-refractivity contribution >= 4 is 10.8 Å². The molecular formula is C20H27NO3. The molecule has 2 atom stereocenters. The Kier molecular flexibility index (Phi) is 6.21. The molecule has 24 heavy (non-hydrogen) atoms. The smallest absolute Gasteiger partial charge is 0.0898 e. The predicted molar refractivity (Wildman–Crippen MR) is 96.2 cm³/mol. The SMILES string of the molecule is CC(NCC(O)COC1CCOCC1)c1ccc2ccccc2c1. The zero-order chi connectivity index (χ0) is 16.8. The molecule has 1 aliphatic heterocycles. The van der Waals surface area contributed by atoms with Crippen molar-refractivity contribution in [1.82, 2.24) is 5.32 Å². The van der Waals surface area contributed by atoms with Gasteiger partial charge >= 0.3 is 0 Å². The molecule has 0 aromatic heterocycles. The maximum atomic E-state index is 10.1. The van der Waals surface area contributed by atoms with Crippen molar-refractivity contribution in [1.29, 1.82) is 0 Å². The molecule has 3 rings (SSSR count). The summed E-state index contributed by atoms with van der Waals surface area (Å²) in [5.41, 5.74) is 1.23. The molecule has 0 spiro atoms. The van der Waals surface area contributed by atoms with Gasteiger partial charge in [-0.05, 0) is 42.2 Å². The summed E-state index contributed by atoms with van der Waals surface area (Å²) in [6.45, 7) is 4.55. The van der Waals surface area contributed by atoms with E-state index in [0.29, 0.717) is 13.2 Å². The molecule has 2 aromatic rings. The fraction of sp³-hybridized carbons (Fsp3) is 0.500. The Labute approximate surface area is 143 Å². The largest absolute Gasteiger partial charge is 0.389 e. The highest BCUT2D eigenvalue weighted by Crippen LogP contribution is 2.20. The molecule has 2 unspecified atom stereocenters. The highest BCUT2D eigenvalue weighted by Gasteiger charge is 2.16. The number of fused-ring (bicyclic) bond motifs is 1. The number of hydrogen-bond donors (Lipinski definition) is 2. The van der Waals surface area contributed by atoms with Crippen molar-refractivity contribution in [2.45, 2.75) is 38.0 Å². The molecular weight excluding hydrogens is 302 g/mol. The van der Waals surface area contributed by atoms with Crippen LogP contribution < -0.4 is 5.32 Å². The Morgan fingerprint density at radius 2 is 1.92 bits per heavy atom. The van der Waals surface area contributed by atoms with Gasteiger partial charge in [0.15, 0.2) is 0 Å². The quantitative estimate of drug-likeness (QED) is 0.820. The summed E-state index contributed by atoms with van der Waals surface area (Å²) in [5, 5.41) is 16.0. The van der Waals surface area contributed by atoms with E-state index in [1.54, 1.807) is 0 Å². The maximum Gasteiger partial charge on any atom is 0.0898 e. The Morgan fingerprint density at radius 1 is 1.17 bits per heavy atom. The fourth-order valence-corrected chi connectivity index (χ4v) is 3.06. The lowest BCUT2D eigenvalue weighted by Gasteiger charge is -2.24. The van der Waals surface area contributed by atoms with Gasteiger partial charge < -0.3 is 19.9 Å². The van der Waals surface area contributed by atoms with Crippen molar-refractivity contribution in [2.24, 2.45) is 0 Å². The number of rotatable bonds is 7. The second-order valence-corrected chi connectivity index (χ2v) is 6.54. The van der Waals surface area contributed by atoms with Gasteiger partial charge in [-0.25, -0.2) is 0 Å². The highest BCUT2D eigenvalue weighted by molar-refractivity contribution is 5.83. The van der Waals surface area contributed by atoms with E-state index in [-0.39, 0.29) is 12.1 Å². The van der Waals surface area contributed by atoms with Gasteiger partial charge in [-0.3, -0.25) is 0 Å².